The first-order valence-electron chi connectivity index (χ1n) is 10.9. The molecule has 7 nitrogen and oxygen atoms in total. The maximum absolute atomic E-state index is 14.6. The second-order valence-electron chi connectivity index (χ2n) is 8.99. The number of amides is 1. The van der Waals surface area contributed by atoms with E-state index in [2.05, 4.69) is 15.3 Å². The van der Waals surface area contributed by atoms with Crippen LogP contribution in [0.4, 0.5) is 20.7 Å². The molecule has 1 aliphatic heterocycles. The van der Waals surface area contributed by atoms with Crippen LogP contribution in [0.3, 0.4) is 0 Å². The Labute approximate surface area is 207 Å². The van der Waals surface area contributed by atoms with Gasteiger partial charge in [0.1, 0.15) is 23.5 Å². The molecule has 0 atom stereocenters. The van der Waals surface area contributed by atoms with Crippen molar-refractivity contribution in [2.24, 2.45) is 0 Å². The van der Waals surface area contributed by atoms with Crippen LogP contribution in [0, 0.1) is 5.82 Å². The summed E-state index contributed by atoms with van der Waals surface area (Å²) in [5.41, 5.74) is 1.14. The fourth-order valence-electron chi connectivity index (χ4n) is 3.70. The van der Waals surface area contributed by atoms with Gasteiger partial charge < -0.3 is 19.7 Å². The van der Waals surface area contributed by atoms with Gasteiger partial charge in [0.2, 0.25) is 0 Å². The summed E-state index contributed by atoms with van der Waals surface area (Å²) in [7, 11) is 0. The number of benzene rings is 2. The van der Waals surface area contributed by atoms with Crippen molar-refractivity contribution in [2.75, 3.05) is 25.0 Å². The van der Waals surface area contributed by atoms with E-state index in [9.17, 15) is 9.18 Å². The molecule has 0 bridgehead atoms. The molecule has 0 unspecified atom stereocenters. The third kappa shape index (κ3) is 4.98. The molecule has 2 aromatic carbocycles. The lowest BCUT2D eigenvalue weighted by Crippen LogP contribution is -2.50. The molecule has 1 fully saturated rings. The molecule has 1 aliphatic rings. The average Bonchev–Trinajstić information content (AvgIpc) is 2.72. The lowest BCUT2D eigenvalue weighted by Gasteiger charge is -2.40. The smallest absolute Gasteiger partial charge is 0.410 e. The molecule has 4 rings (SSSR count). The summed E-state index contributed by atoms with van der Waals surface area (Å²) < 4.78 is 26.0. The summed E-state index contributed by atoms with van der Waals surface area (Å²) in [5.74, 6) is 0.483. The highest BCUT2D eigenvalue weighted by Crippen LogP contribution is 2.39. The van der Waals surface area contributed by atoms with Crippen LogP contribution < -0.4 is 10.1 Å². The number of carbonyl (C=O) groups excluding carboxylic acids is 1. The summed E-state index contributed by atoms with van der Waals surface area (Å²) >= 11 is 11.9. The number of fused-ring (bicyclic) bond motifs is 1. The van der Waals surface area contributed by atoms with Crippen LogP contribution in [0.1, 0.15) is 39.2 Å². The van der Waals surface area contributed by atoms with Crippen LogP contribution in [0.2, 0.25) is 10.0 Å². The summed E-state index contributed by atoms with van der Waals surface area (Å²) in [6, 6.07) is 6.77. The van der Waals surface area contributed by atoms with E-state index in [4.69, 9.17) is 32.7 Å². The Morgan fingerprint density at radius 1 is 1.24 bits per heavy atom. The van der Waals surface area contributed by atoms with E-state index in [-0.39, 0.29) is 27.7 Å². The number of aromatic nitrogens is 2. The maximum atomic E-state index is 14.6. The zero-order chi connectivity index (χ0) is 24.6. The number of hydrogen-bond acceptors (Lipinski definition) is 6. The van der Waals surface area contributed by atoms with E-state index in [0.717, 1.165) is 5.56 Å². The second kappa shape index (κ2) is 9.43. The van der Waals surface area contributed by atoms with Gasteiger partial charge in [0.15, 0.2) is 5.82 Å². The summed E-state index contributed by atoms with van der Waals surface area (Å²) in [6.07, 6.45) is 1.05. The number of carbonyl (C=O) groups is 1. The minimum atomic E-state index is -0.668. The second-order valence-corrected chi connectivity index (χ2v) is 9.78. The van der Waals surface area contributed by atoms with Gasteiger partial charge in [-0.2, -0.15) is 0 Å². The van der Waals surface area contributed by atoms with Gasteiger partial charge in [0.05, 0.1) is 27.9 Å². The highest BCUT2D eigenvalue weighted by atomic mass is 35.5. The molecular weight excluding hydrogens is 482 g/mol. The fraction of sp³-hybridized carbons (Fsp3) is 0.375. The molecule has 0 aliphatic carbocycles. The van der Waals surface area contributed by atoms with Crippen LogP contribution in [0.5, 0.6) is 5.75 Å². The molecule has 0 spiro atoms. The monoisotopic (exact) mass is 506 g/mol. The van der Waals surface area contributed by atoms with Crippen molar-refractivity contribution in [1.29, 1.82) is 0 Å². The molecule has 1 saturated heterocycles. The third-order valence-corrected chi connectivity index (χ3v) is 6.11. The number of hydrogen-bond donors (Lipinski definition) is 1. The molecular formula is C24H25Cl2FN4O3. The quantitative estimate of drug-likeness (QED) is 0.395. The van der Waals surface area contributed by atoms with Crippen molar-refractivity contribution >= 4 is 51.7 Å². The van der Waals surface area contributed by atoms with Crippen molar-refractivity contribution in [1.82, 2.24) is 14.9 Å². The van der Waals surface area contributed by atoms with Gasteiger partial charge in [0, 0.05) is 36.0 Å². The first-order chi connectivity index (χ1) is 16.1. The molecule has 34 heavy (non-hydrogen) atoms. The Morgan fingerprint density at radius 2 is 1.97 bits per heavy atom. The Morgan fingerprint density at radius 3 is 2.65 bits per heavy atom. The van der Waals surface area contributed by atoms with Gasteiger partial charge in [-0.15, -0.1) is 0 Å². The highest BCUT2D eigenvalue weighted by molar-refractivity contribution is 6.42. The number of ether oxygens (including phenoxy) is 2. The Hall–Kier alpha value is -2.84. The Kier molecular flexibility index (Phi) is 6.73. The SMILES string of the molecule is CCOc1cc2ncnc(Nc3ccc(Cl)c(Cl)c3F)c2cc1C1CN(C(=O)OC(C)(C)C)C1. The van der Waals surface area contributed by atoms with E-state index >= 15 is 0 Å². The van der Waals surface area contributed by atoms with E-state index < -0.39 is 11.4 Å². The topological polar surface area (TPSA) is 76.6 Å². The summed E-state index contributed by atoms with van der Waals surface area (Å²) in [6.45, 7) is 8.89. The van der Waals surface area contributed by atoms with Crippen LogP contribution >= 0.6 is 23.2 Å². The largest absolute Gasteiger partial charge is 0.494 e. The Bertz CT molecular complexity index is 1240. The van der Waals surface area contributed by atoms with Gasteiger partial charge in [-0.3, -0.25) is 0 Å². The lowest BCUT2D eigenvalue weighted by atomic mass is 9.90. The molecule has 0 saturated carbocycles. The van der Waals surface area contributed by atoms with Crippen molar-refractivity contribution in [3.8, 4) is 5.75 Å². The predicted octanol–water partition coefficient (Wildman–Crippen LogP) is 6.55. The predicted molar refractivity (Wildman–Crippen MR) is 131 cm³/mol. The summed E-state index contributed by atoms with van der Waals surface area (Å²) in [4.78, 5) is 22.7. The van der Waals surface area contributed by atoms with Gasteiger partial charge >= 0.3 is 6.09 Å². The van der Waals surface area contributed by atoms with Gasteiger partial charge in [-0.1, -0.05) is 23.2 Å². The van der Waals surface area contributed by atoms with E-state index in [1.807, 2.05) is 39.8 Å². The van der Waals surface area contributed by atoms with Crippen molar-refractivity contribution in [3.63, 3.8) is 0 Å². The Balaban J connectivity index is 1.66. The zero-order valence-corrected chi connectivity index (χ0v) is 20.8. The maximum Gasteiger partial charge on any atom is 0.410 e. The molecule has 1 aromatic heterocycles. The highest BCUT2D eigenvalue weighted by Gasteiger charge is 2.36. The molecule has 0 radical (unpaired) electrons. The molecule has 1 amide bonds. The number of anilines is 2. The number of nitrogens with zero attached hydrogens (tertiary/aromatic N) is 3. The van der Waals surface area contributed by atoms with Crippen LogP contribution in [-0.2, 0) is 4.74 Å². The van der Waals surface area contributed by atoms with Crippen molar-refractivity contribution < 1.29 is 18.7 Å². The number of halogens is 3. The normalized spacial score (nSPS) is 14.1. The average molecular weight is 507 g/mol. The van der Waals surface area contributed by atoms with Crippen molar-refractivity contribution in [2.45, 2.75) is 39.2 Å². The minimum Gasteiger partial charge on any atom is -0.494 e. The number of rotatable bonds is 5. The third-order valence-electron chi connectivity index (χ3n) is 5.33. The van der Waals surface area contributed by atoms with Gasteiger partial charge in [-0.25, -0.2) is 19.2 Å². The fourth-order valence-corrected chi connectivity index (χ4v) is 4.01. The molecule has 1 N–H and O–H groups in total. The van der Waals surface area contributed by atoms with Crippen LogP contribution in [0.25, 0.3) is 10.9 Å². The van der Waals surface area contributed by atoms with Gasteiger partial charge in [0.25, 0.3) is 0 Å². The number of likely N-dealkylation sites (tertiary alicyclic amines) is 1. The minimum absolute atomic E-state index is 0.0493. The van der Waals surface area contributed by atoms with Crippen molar-refractivity contribution in [3.05, 3.63) is 52.0 Å². The first-order valence-corrected chi connectivity index (χ1v) is 11.6. The molecule has 10 heteroatoms. The van der Waals surface area contributed by atoms with E-state index in [1.165, 1.54) is 18.5 Å². The standard InChI is InChI=1S/C24H25Cl2FN4O3/c1-5-33-19-9-18-15(8-14(19)13-10-31(11-13)23(32)34-24(2,3)4)22(29-12-28-18)30-17-7-6-16(25)20(26)21(17)27/h6-9,12-13H,5,10-11H2,1-4H3,(H,28,29,30). The number of nitrogens with one attached hydrogen (secondary N) is 1. The molecule has 180 valence electrons. The van der Waals surface area contributed by atoms with Crippen LogP contribution in [-0.4, -0.2) is 46.3 Å². The molecule has 3 aromatic rings. The first kappa shape index (κ1) is 24.3. The summed E-state index contributed by atoms with van der Waals surface area (Å²) in [5, 5.41) is 3.64. The van der Waals surface area contributed by atoms with E-state index in [0.29, 0.717) is 42.2 Å². The van der Waals surface area contributed by atoms with Gasteiger partial charge in [-0.05, 0) is 45.9 Å². The molecule has 2 heterocycles. The lowest BCUT2D eigenvalue weighted by molar-refractivity contribution is 0.00797. The zero-order valence-electron chi connectivity index (χ0n) is 19.3. The van der Waals surface area contributed by atoms with Crippen LogP contribution in [0.15, 0.2) is 30.6 Å². The van der Waals surface area contributed by atoms with E-state index in [1.54, 1.807) is 4.90 Å².